The summed E-state index contributed by atoms with van der Waals surface area (Å²) in [4.78, 5) is 12.4. The first-order valence-corrected chi connectivity index (χ1v) is 9.88. The first-order chi connectivity index (χ1) is 11.7. The number of carbonyl (C=O) groups excluding carboxylic acids is 1. The minimum absolute atomic E-state index is 0.0408. The van der Waals surface area contributed by atoms with Crippen molar-refractivity contribution in [1.82, 2.24) is 10.0 Å². The van der Waals surface area contributed by atoms with E-state index in [4.69, 9.17) is 9.47 Å². The van der Waals surface area contributed by atoms with E-state index in [0.29, 0.717) is 31.3 Å². The average molecular weight is 370 g/mol. The maximum Gasteiger partial charge on any atom is 0.241 e. The van der Waals surface area contributed by atoms with Crippen molar-refractivity contribution in [2.75, 3.05) is 19.8 Å². The average Bonchev–Trinajstić information content (AvgIpc) is 2.56. The molecule has 0 saturated carbocycles. The second-order valence-corrected chi connectivity index (χ2v) is 8.50. The van der Waals surface area contributed by atoms with Crippen LogP contribution in [0.3, 0.4) is 0 Å². The summed E-state index contributed by atoms with van der Waals surface area (Å²) in [5.41, 5.74) is 0. The number of fused-ring (bicyclic) bond motifs is 1. The second-order valence-electron chi connectivity index (χ2n) is 6.79. The molecule has 1 aromatic rings. The zero-order valence-corrected chi connectivity index (χ0v) is 15.9. The molecule has 1 heterocycles. The third-order valence-electron chi connectivity index (χ3n) is 3.74. The first-order valence-electron chi connectivity index (χ1n) is 8.40. The van der Waals surface area contributed by atoms with Crippen molar-refractivity contribution in [2.24, 2.45) is 11.8 Å². The van der Waals surface area contributed by atoms with Crippen LogP contribution in [0.15, 0.2) is 23.1 Å². The number of ether oxygens (including phenoxy) is 2. The Morgan fingerprint density at radius 2 is 1.76 bits per heavy atom. The number of sulfonamides is 1. The molecule has 0 fully saturated rings. The molecule has 0 bridgehead atoms. The van der Waals surface area contributed by atoms with Crippen LogP contribution < -0.4 is 19.5 Å². The fourth-order valence-corrected chi connectivity index (χ4v) is 3.69. The van der Waals surface area contributed by atoms with Gasteiger partial charge in [0.1, 0.15) is 19.3 Å². The van der Waals surface area contributed by atoms with Gasteiger partial charge in [0.2, 0.25) is 15.9 Å². The summed E-state index contributed by atoms with van der Waals surface area (Å²) >= 11 is 0. The van der Waals surface area contributed by atoms with Gasteiger partial charge in [0.05, 0.1) is 4.90 Å². The third kappa shape index (κ3) is 5.09. The number of nitrogens with one attached hydrogen (secondary N) is 2. The highest BCUT2D eigenvalue weighted by atomic mass is 32.2. The number of amides is 1. The van der Waals surface area contributed by atoms with Gasteiger partial charge in [0.25, 0.3) is 0 Å². The van der Waals surface area contributed by atoms with E-state index >= 15 is 0 Å². The summed E-state index contributed by atoms with van der Waals surface area (Å²) in [6.45, 7) is 8.85. The van der Waals surface area contributed by atoms with Gasteiger partial charge in [-0.2, -0.15) is 4.72 Å². The molecular formula is C17H26N2O5S. The van der Waals surface area contributed by atoms with Gasteiger partial charge in [-0.1, -0.05) is 27.7 Å². The van der Waals surface area contributed by atoms with Gasteiger partial charge in [-0.05, 0) is 24.0 Å². The standard InChI is InChI=1S/C17H26N2O5S/c1-11(2)10-18-17(20)16(12(3)4)19-25(21,22)13-5-6-14-15(9-13)24-8-7-23-14/h5-6,9,11-12,16,19H,7-8,10H2,1-4H3,(H,18,20)/t16-/m1/s1. The van der Waals surface area contributed by atoms with Crippen LogP contribution in [0.2, 0.25) is 0 Å². The molecule has 1 aliphatic heterocycles. The van der Waals surface area contributed by atoms with Crippen molar-refractivity contribution in [3.63, 3.8) is 0 Å². The van der Waals surface area contributed by atoms with E-state index < -0.39 is 16.1 Å². The molecule has 1 aromatic carbocycles. The fourth-order valence-electron chi connectivity index (χ4n) is 2.33. The largest absolute Gasteiger partial charge is 0.486 e. The fraction of sp³-hybridized carbons (Fsp3) is 0.588. The topological polar surface area (TPSA) is 93.7 Å². The molecule has 0 spiro atoms. The van der Waals surface area contributed by atoms with Crippen LogP contribution >= 0.6 is 0 Å². The van der Waals surface area contributed by atoms with E-state index in [1.165, 1.54) is 12.1 Å². The smallest absolute Gasteiger partial charge is 0.241 e. The number of carbonyl (C=O) groups is 1. The van der Waals surface area contributed by atoms with Crippen LogP contribution in [0.1, 0.15) is 27.7 Å². The monoisotopic (exact) mass is 370 g/mol. The number of hydrogen-bond donors (Lipinski definition) is 2. The Labute approximate surface area is 149 Å². The lowest BCUT2D eigenvalue weighted by Gasteiger charge is -2.23. The highest BCUT2D eigenvalue weighted by Gasteiger charge is 2.29. The maximum absolute atomic E-state index is 12.7. The number of benzene rings is 1. The predicted molar refractivity (Wildman–Crippen MR) is 94.2 cm³/mol. The van der Waals surface area contributed by atoms with Gasteiger partial charge in [-0.15, -0.1) is 0 Å². The van der Waals surface area contributed by atoms with Crippen LogP contribution in [0, 0.1) is 11.8 Å². The Balaban J connectivity index is 2.18. The van der Waals surface area contributed by atoms with Crippen molar-refractivity contribution in [1.29, 1.82) is 0 Å². The number of rotatable bonds is 7. The van der Waals surface area contributed by atoms with E-state index in [0.717, 1.165) is 0 Å². The lowest BCUT2D eigenvalue weighted by Crippen LogP contribution is -2.50. The maximum atomic E-state index is 12.7. The zero-order chi connectivity index (χ0) is 18.6. The molecular weight excluding hydrogens is 344 g/mol. The van der Waals surface area contributed by atoms with Gasteiger partial charge in [0.15, 0.2) is 11.5 Å². The van der Waals surface area contributed by atoms with E-state index in [1.54, 1.807) is 19.9 Å². The molecule has 0 unspecified atom stereocenters. The van der Waals surface area contributed by atoms with Crippen LogP contribution in [0.25, 0.3) is 0 Å². The van der Waals surface area contributed by atoms with Crippen molar-refractivity contribution >= 4 is 15.9 Å². The van der Waals surface area contributed by atoms with Crippen molar-refractivity contribution < 1.29 is 22.7 Å². The molecule has 1 atom stereocenters. The summed E-state index contributed by atoms with van der Waals surface area (Å²) in [5.74, 6) is 0.662. The van der Waals surface area contributed by atoms with Crippen LogP contribution in [-0.2, 0) is 14.8 Å². The first kappa shape index (κ1) is 19.5. The molecule has 0 aromatic heterocycles. The lowest BCUT2D eigenvalue weighted by atomic mass is 10.0. The van der Waals surface area contributed by atoms with E-state index in [1.807, 2.05) is 13.8 Å². The number of hydrogen-bond acceptors (Lipinski definition) is 5. The molecule has 2 N–H and O–H groups in total. The molecule has 0 radical (unpaired) electrons. The molecule has 1 aliphatic rings. The quantitative estimate of drug-likeness (QED) is 0.759. The van der Waals surface area contributed by atoms with Gasteiger partial charge >= 0.3 is 0 Å². The molecule has 140 valence electrons. The Morgan fingerprint density at radius 3 is 2.36 bits per heavy atom. The molecule has 8 heteroatoms. The van der Waals surface area contributed by atoms with Gasteiger partial charge in [-0.3, -0.25) is 4.79 Å². The van der Waals surface area contributed by atoms with Gasteiger partial charge < -0.3 is 14.8 Å². The highest BCUT2D eigenvalue weighted by Crippen LogP contribution is 2.32. The molecule has 7 nitrogen and oxygen atoms in total. The van der Waals surface area contributed by atoms with Crippen LogP contribution in [0.4, 0.5) is 0 Å². The van der Waals surface area contributed by atoms with Crippen molar-refractivity contribution in [3.05, 3.63) is 18.2 Å². The summed E-state index contributed by atoms with van der Waals surface area (Å²) < 4.78 is 38.7. The minimum Gasteiger partial charge on any atom is -0.486 e. The van der Waals surface area contributed by atoms with Crippen LogP contribution in [-0.4, -0.2) is 40.1 Å². The van der Waals surface area contributed by atoms with Gasteiger partial charge in [-0.25, -0.2) is 8.42 Å². The van der Waals surface area contributed by atoms with E-state index in [9.17, 15) is 13.2 Å². The lowest BCUT2D eigenvalue weighted by molar-refractivity contribution is -0.123. The minimum atomic E-state index is -3.87. The normalized spacial score (nSPS) is 15.3. The summed E-state index contributed by atoms with van der Waals surface area (Å²) in [7, 11) is -3.87. The highest BCUT2D eigenvalue weighted by molar-refractivity contribution is 7.89. The molecule has 0 aliphatic carbocycles. The Morgan fingerprint density at radius 1 is 1.12 bits per heavy atom. The van der Waals surface area contributed by atoms with E-state index in [2.05, 4.69) is 10.0 Å². The van der Waals surface area contributed by atoms with Crippen molar-refractivity contribution in [2.45, 2.75) is 38.6 Å². The predicted octanol–water partition coefficient (Wildman–Crippen LogP) is 1.53. The Bertz CT molecular complexity index is 716. The second kappa shape index (κ2) is 8.05. The molecule has 1 amide bonds. The van der Waals surface area contributed by atoms with Crippen molar-refractivity contribution in [3.8, 4) is 11.5 Å². The zero-order valence-electron chi connectivity index (χ0n) is 15.0. The van der Waals surface area contributed by atoms with Crippen LogP contribution in [0.5, 0.6) is 11.5 Å². The summed E-state index contributed by atoms with van der Waals surface area (Å²) in [5, 5.41) is 2.78. The van der Waals surface area contributed by atoms with E-state index in [-0.39, 0.29) is 22.6 Å². The SMILES string of the molecule is CC(C)CNC(=O)[C@H](NS(=O)(=O)c1ccc2c(c1)OCCO2)C(C)C. The third-order valence-corrected chi connectivity index (χ3v) is 5.18. The van der Waals surface area contributed by atoms with Gasteiger partial charge in [0, 0.05) is 12.6 Å². The molecule has 25 heavy (non-hydrogen) atoms. The summed E-state index contributed by atoms with van der Waals surface area (Å²) in [6.07, 6.45) is 0. The Hall–Kier alpha value is -1.80. The summed E-state index contributed by atoms with van der Waals surface area (Å²) in [6, 6.07) is 3.57. The molecule has 0 saturated heterocycles. The molecule has 2 rings (SSSR count). The Kier molecular flexibility index (Phi) is 6.29.